The SMILES string of the molecule is CCOc1ccc(C(Cl)CCC2CCCC2)cc1. The molecule has 100 valence electrons. The third-order valence-electron chi connectivity index (χ3n) is 3.86. The molecule has 1 nitrogen and oxygen atoms in total. The van der Waals surface area contributed by atoms with Gasteiger partial charge in [0.1, 0.15) is 5.75 Å². The minimum absolute atomic E-state index is 0.154. The molecule has 0 aromatic heterocycles. The van der Waals surface area contributed by atoms with Crippen molar-refractivity contribution in [3.8, 4) is 5.75 Å². The minimum Gasteiger partial charge on any atom is -0.494 e. The maximum absolute atomic E-state index is 6.47. The maximum atomic E-state index is 6.47. The molecular weight excluding hydrogens is 244 g/mol. The predicted octanol–water partition coefficient (Wildman–Crippen LogP) is 5.34. The van der Waals surface area contributed by atoms with Gasteiger partial charge in [0, 0.05) is 0 Å². The van der Waals surface area contributed by atoms with E-state index in [1.165, 1.54) is 37.7 Å². The summed E-state index contributed by atoms with van der Waals surface area (Å²) >= 11 is 6.47. The Kier molecular flexibility index (Phi) is 5.37. The van der Waals surface area contributed by atoms with Crippen molar-refractivity contribution in [2.45, 2.75) is 50.8 Å². The fourth-order valence-corrected chi connectivity index (χ4v) is 3.06. The van der Waals surface area contributed by atoms with Crippen LogP contribution in [0.3, 0.4) is 0 Å². The van der Waals surface area contributed by atoms with Gasteiger partial charge in [-0.1, -0.05) is 37.8 Å². The highest BCUT2D eigenvalue weighted by molar-refractivity contribution is 6.20. The first kappa shape index (κ1) is 13.7. The Balaban J connectivity index is 1.81. The summed E-state index contributed by atoms with van der Waals surface area (Å²) < 4.78 is 5.44. The molecule has 1 saturated carbocycles. The van der Waals surface area contributed by atoms with Crippen molar-refractivity contribution in [3.05, 3.63) is 29.8 Å². The van der Waals surface area contributed by atoms with Gasteiger partial charge in [0.05, 0.1) is 12.0 Å². The van der Waals surface area contributed by atoms with Crippen LogP contribution in [0.25, 0.3) is 0 Å². The molecule has 1 fully saturated rings. The van der Waals surface area contributed by atoms with Crippen molar-refractivity contribution in [2.24, 2.45) is 5.92 Å². The van der Waals surface area contributed by atoms with Gasteiger partial charge in [-0.3, -0.25) is 0 Å². The Bertz CT molecular complexity index is 341. The van der Waals surface area contributed by atoms with Gasteiger partial charge in [-0.15, -0.1) is 11.6 Å². The second-order valence-corrected chi connectivity index (χ2v) is 5.72. The van der Waals surface area contributed by atoms with Crippen molar-refractivity contribution < 1.29 is 4.74 Å². The van der Waals surface area contributed by atoms with Crippen LogP contribution in [0.2, 0.25) is 0 Å². The number of halogens is 1. The summed E-state index contributed by atoms with van der Waals surface area (Å²) in [4.78, 5) is 0. The molecule has 1 aliphatic rings. The number of hydrogen-bond acceptors (Lipinski definition) is 1. The van der Waals surface area contributed by atoms with E-state index in [2.05, 4.69) is 12.1 Å². The van der Waals surface area contributed by atoms with Crippen molar-refractivity contribution >= 4 is 11.6 Å². The fourth-order valence-electron chi connectivity index (χ4n) is 2.79. The lowest BCUT2D eigenvalue weighted by Crippen LogP contribution is -1.98. The third kappa shape index (κ3) is 3.91. The lowest BCUT2D eigenvalue weighted by atomic mass is 9.98. The first-order chi connectivity index (χ1) is 8.79. The Labute approximate surface area is 115 Å². The van der Waals surface area contributed by atoms with Crippen LogP contribution in [-0.2, 0) is 0 Å². The smallest absolute Gasteiger partial charge is 0.119 e. The lowest BCUT2D eigenvalue weighted by Gasteiger charge is -2.14. The molecule has 1 aliphatic carbocycles. The zero-order chi connectivity index (χ0) is 12.8. The summed E-state index contributed by atoms with van der Waals surface area (Å²) in [6, 6.07) is 8.22. The number of alkyl halides is 1. The van der Waals surface area contributed by atoms with Gasteiger partial charge < -0.3 is 4.74 Å². The Morgan fingerprint density at radius 2 is 1.89 bits per heavy atom. The fraction of sp³-hybridized carbons (Fsp3) is 0.625. The van der Waals surface area contributed by atoms with Crippen LogP contribution < -0.4 is 4.74 Å². The van der Waals surface area contributed by atoms with E-state index in [1.54, 1.807) is 0 Å². The van der Waals surface area contributed by atoms with Crippen molar-refractivity contribution in [1.29, 1.82) is 0 Å². The van der Waals surface area contributed by atoms with Gasteiger partial charge in [-0.2, -0.15) is 0 Å². The normalized spacial score (nSPS) is 17.9. The van der Waals surface area contributed by atoms with Gasteiger partial charge in [-0.25, -0.2) is 0 Å². The highest BCUT2D eigenvalue weighted by Crippen LogP contribution is 2.34. The molecule has 1 atom stereocenters. The van der Waals surface area contributed by atoms with E-state index in [4.69, 9.17) is 16.3 Å². The van der Waals surface area contributed by atoms with E-state index >= 15 is 0 Å². The van der Waals surface area contributed by atoms with Crippen molar-refractivity contribution in [1.82, 2.24) is 0 Å². The molecule has 2 rings (SSSR count). The topological polar surface area (TPSA) is 9.23 Å². The molecule has 0 amide bonds. The van der Waals surface area contributed by atoms with Gasteiger partial charge >= 0.3 is 0 Å². The lowest BCUT2D eigenvalue weighted by molar-refractivity contribution is 0.340. The summed E-state index contributed by atoms with van der Waals surface area (Å²) in [6.45, 7) is 2.71. The average Bonchev–Trinajstić information content (AvgIpc) is 2.90. The summed E-state index contributed by atoms with van der Waals surface area (Å²) in [5.74, 6) is 1.86. The molecule has 0 N–H and O–H groups in total. The van der Waals surface area contributed by atoms with Crippen LogP contribution in [0.5, 0.6) is 5.75 Å². The molecule has 0 aliphatic heterocycles. The first-order valence-electron chi connectivity index (χ1n) is 7.16. The number of ether oxygens (including phenoxy) is 1. The van der Waals surface area contributed by atoms with Gasteiger partial charge in [0.15, 0.2) is 0 Å². The monoisotopic (exact) mass is 266 g/mol. The number of hydrogen-bond donors (Lipinski definition) is 0. The standard InChI is InChI=1S/C16H23ClO/c1-2-18-15-10-8-14(9-11-15)16(17)12-7-13-5-3-4-6-13/h8-11,13,16H,2-7,12H2,1H3. The Morgan fingerprint density at radius 1 is 1.22 bits per heavy atom. The van der Waals surface area contributed by atoms with Crippen LogP contribution >= 0.6 is 11.6 Å². The van der Waals surface area contributed by atoms with Crippen molar-refractivity contribution in [3.63, 3.8) is 0 Å². The van der Waals surface area contributed by atoms with Crippen LogP contribution in [0.1, 0.15) is 56.4 Å². The van der Waals surface area contributed by atoms with Crippen LogP contribution in [0.15, 0.2) is 24.3 Å². The molecule has 1 aromatic rings. The summed E-state index contributed by atoms with van der Waals surface area (Å²) in [6.07, 6.45) is 8.03. The highest BCUT2D eigenvalue weighted by atomic mass is 35.5. The maximum Gasteiger partial charge on any atom is 0.119 e. The molecule has 1 aromatic carbocycles. The molecule has 0 spiro atoms. The largest absolute Gasteiger partial charge is 0.494 e. The third-order valence-corrected chi connectivity index (χ3v) is 4.33. The second-order valence-electron chi connectivity index (χ2n) is 5.20. The summed E-state index contributed by atoms with van der Waals surface area (Å²) in [7, 11) is 0. The molecular formula is C16H23ClO. The second kappa shape index (κ2) is 7.04. The van der Waals surface area contributed by atoms with Crippen LogP contribution in [0, 0.1) is 5.92 Å². The average molecular weight is 267 g/mol. The van der Waals surface area contributed by atoms with Gasteiger partial charge in [0.2, 0.25) is 0 Å². The number of rotatable bonds is 6. The van der Waals surface area contributed by atoms with E-state index in [1.807, 2.05) is 19.1 Å². The summed E-state index contributed by atoms with van der Waals surface area (Å²) in [5, 5.41) is 0.154. The first-order valence-corrected chi connectivity index (χ1v) is 7.60. The zero-order valence-corrected chi connectivity index (χ0v) is 12.0. The molecule has 2 heteroatoms. The van der Waals surface area contributed by atoms with Gasteiger partial charge in [-0.05, 0) is 43.4 Å². The van der Waals surface area contributed by atoms with Crippen LogP contribution in [0.4, 0.5) is 0 Å². The highest BCUT2D eigenvalue weighted by Gasteiger charge is 2.17. The van der Waals surface area contributed by atoms with E-state index in [0.29, 0.717) is 6.61 Å². The Morgan fingerprint density at radius 3 is 2.50 bits per heavy atom. The van der Waals surface area contributed by atoms with E-state index in [0.717, 1.165) is 18.1 Å². The molecule has 0 heterocycles. The molecule has 1 unspecified atom stereocenters. The van der Waals surface area contributed by atoms with E-state index in [9.17, 15) is 0 Å². The molecule has 0 bridgehead atoms. The molecule has 18 heavy (non-hydrogen) atoms. The zero-order valence-electron chi connectivity index (χ0n) is 11.2. The van der Waals surface area contributed by atoms with E-state index in [-0.39, 0.29) is 5.38 Å². The van der Waals surface area contributed by atoms with Crippen molar-refractivity contribution in [2.75, 3.05) is 6.61 Å². The number of benzene rings is 1. The van der Waals surface area contributed by atoms with Crippen LogP contribution in [-0.4, -0.2) is 6.61 Å². The minimum atomic E-state index is 0.154. The molecule has 0 saturated heterocycles. The summed E-state index contributed by atoms with van der Waals surface area (Å²) in [5.41, 5.74) is 1.22. The van der Waals surface area contributed by atoms with E-state index < -0.39 is 0 Å². The molecule has 0 radical (unpaired) electrons. The predicted molar refractivity (Wildman–Crippen MR) is 77.4 cm³/mol. The quantitative estimate of drug-likeness (QED) is 0.632. The Hall–Kier alpha value is -0.690. The van der Waals surface area contributed by atoms with Gasteiger partial charge in [0.25, 0.3) is 0 Å².